The lowest BCUT2D eigenvalue weighted by Gasteiger charge is -2.25. The highest BCUT2D eigenvalue weighted by Crippen LogP contribution is 2.33. The van der Waals surface area contributed by atoms with Gasteiger partial charge in [0, 0.05) is 31.9 Å². The van der Waals surface area contributed by atoms with Crippen molar-refractivity contribution in [3.8, 4) is 12.1 Å². The molecule has 0 spiro atoms. The SMILES string of the molecule is CCc1c(C#N)c(SCc2ccc(CNC(=O)COC(N)=O)cc2)nc(N2CCCN(C)CC2)c1C#N. The van der Waals surface area contributed by atoms with Crippen molar-refractivity contribution in [3.63, 3.8) is 0 Å². The molecule has 0 atom stereocenters. The number of hydrogen-bond donors (Lipinski definition) is 2. The standard InChI is InChI=1S/C26H31N7O3S/c1-3-20-21(13-27)24(33-10-4-9-32(2)11-12-33)31-25(22(20)14-28)37-17-19-7-5-18(6-8-19)15-30-23(34)16-36-26(29)35/h5-8H,3-4,9-12,15-17H2,1-2H3,(H2,29,35)(H,30,34). The number of anilines is 1. The number of nitrogens with zero attached hydrogens (tertiary/aromatic N) is 5. The maximum atomic E-state index is 11.7. The molecule has 1 aromatic heterocycles. The fourth-order valence-electron chi connectivity index (χ4n) is 4.07. The molecule has 1 saturated heterocycles. The molecule has 0 saturated carbocycles. The van der Waals surface area contributed by atoms with Gasteiger partial charge in [0.2, 0.25) is 0 Å². The van der Waals surface area contributed by atoms with Crippen LogP contribution >= 0.6 is 11.8 Å². The van der Waals surface area contributed by atoms with Crippen molar-refractivity contribution in [1.29, 1.82) is 10.5 Å². The average molecular weight is 522 g/mol. The number of carbonyl (C=O) groups is 2. The minimum Gasteiger partial charge on any atom is -0.440 e. The Balaban J connectivity index is 1.74. The average Bonchev–Trinajstić information content (AvgIpc) is 3.13. The van der Waals surface area contributed by atoms with Crippen LogP contribution in [-0.2, 0) is 28.2 Å². The number of likely N-dealkylation sites (N-methyl/N-ethyl adjacent to an activating group) is 1. The molecule has 1 aliphatic heterocycles. The molecule has 1 fully saturated rings. The Morgan fingerprint density at radius 1 is 1.11 bits per heavy atom. The van der Waals surface area contributed by atoms with Gasteiger partial charge in [-0.2, -0.15) is 10.5 Å². The highest BCUT2D eigenvalue weighted by Gasteiger charge is 2.24. The second-order valence-electron chi connectivity index (χ2n) is 8.68. The molecule has 3 rings (SSSR count). The third-order valence-corrected chi connectivity index (χ3v) is 7.12. The Morgan fingerprint density at radius 2 is 1.81 bits per heavy atom. The number of nitrogens with one attached hydrogen (secondary N) is 1. The van der Waals surface area contributed by atoms with Crippen molar-refractivity contribution >= 4 is 29.6 Å². The second kappa shape index (κ2) is 13.5. The molecule has 0 aliphatic carbocycles. The molecular weight excluding hydrogens is 490 g/mol. The van der Waals surface area contributed by atoms with E-state index in [-0.39, 0.29) is 0 Å². The summed E-state index contributed by atoms with van der Waals surface area (Å²) in [6.07, 6.45) is 0.566. The highest BCUT2D eigenvalue weighted by molar-refractivity contribution is 7.98. The zero-order chi connectivity index (χ0) is 26.8. The molecule has 0 bridgehead atoms. The summed E-state index contributed by atoms with van der Waals surface area (Å²) in [6, 6.07) is 12.3. The fraction of sp³-hybridized carbons (Fsp3) is 0.423. The van der Waals surface area contributed by atoms with Gasteiger partial charge in [-0.3, -0.25) is 4.79 Å². The number of carbonyl (C=O) groups excluding carboxylic acids is 2. The Bertz CT molecular complexity index is 1200. The highest BCUT2D eigenvalue weighted by atomic mass is 32.2. The predicted octanol–water partition coefficient (Wildman–Crippen LogP) is 2.53. The predicted molar refractivity (Wildman–Crippen MR) is 141 cm³/mol. The summed E-state index contributed by atoms with van der Waals surface area (Å²) < 4.78 is 4.47. The van der Waals surface area contributed by atoms with E-state index in [2.05, 4.69) is 39.0 Å². The molecule has 2 amide bonds. The first kappa shape index (κ1) is 27.8. The van der Waals surface area contributed by atoms with Gasteiger partial charge in [-0.15, -0.1) is 11.8 Å². The molecule has 0 radical (unpaired) electrons. The molecule has 11 heteroatoms. The van der Waals surface area contributed by atoms with Gasteiger partial charge in [0.25, 0.3) is 5.91 Å². The maximum Gasteiger partial charge on any atom is 0.405 e. The third kappa shape index (κ3) is 7.59. The molecule has 194 valence electrons. The number of thioether (sulfide) groups is 1. The first-order valence-electron chi connectivity index (χ1n) is 12.1. The Kier molecular flexibility index (Phi) is 10.1. The summed E-state index contributed by atoms with van der Waals surface area (Å²) in [5.41, 5.74) is 8.50. The van der Waals surface area contributed by atoms with Gasteiger partial charge in [0.05, 0.1) is 11.1 Å². The summed E-state index contributed by atoms with van der Waals surface area (Å²) >= 11 is 1.48. The summed E-state index contributed by atoms with van der Waals surface area (Å²) in [7, 11) is 2.09. The lowest BCUT2D eigenvalue weighted by Crippen LogP contribution is -2.30. The molecular formula is C26H31N7O3S. The van der Waals surface area contributed by atoms with Crippen molar-refractivity contribution in [1.82, 2.24) is 15.2 Å². The topological polar surface area (TPSA) is 148 Å². The molecule has 37 heavy (non-hydrogen) atoms. The number of rotatable bonds is 9. The van der Waals surface area contributed by atoms with Crippen molar-refractivity contribution in [2.24, 2.45) is 5.73 Å². The molecule has 3 N–H and O–H groups in total. The van der Waals surface area contributed by atoms with Crippen LogP contribution in [0.25, 0.3) is 0 Å². The van der Waals surface area contributed by atoms with Gasteiger partial charge in [-0.25, -0.2) is 9.78 Å². The van der Waals surface area contributed by atoms with Gasteiger partial charge >= 0.3 is 6.09 Å². The normalized spacial score (nSPS) is 13.8. The van der Waals surface area contributed by atoms with Crippen LogP contribution in [0.5, 0.6) is 0 Å². The van der Waals surface area contributed by atoms with Gasteiger partial charge in [0.1, 0.15) is 23.0 Å². The van der Waals surface area contributed by atoms with E-state index < -0.39 is 18.6 Å². The zero-order valence-electron chi connectivity index (χ0n) is 21.1. The molecule has 1 aliphatic rings. The first-order valence-corrected chi connectivity index (χ1v) is 13.0. The lowest BCUT2D eigenvalue weighted by molar-refractivity contribution is -0.124. The van der Waals surface area contributed by atoms with Crippen LogP contribution in [0.1, 0.15) is 41.2 Å². The molecule has 2 heterocycles. The maximum absolute atomic E-state index is 11.7. The van der Waals surface area contributed by atoms with E-state index in [9.17, 15) is 20.1 Å². The largest absolute Gasteiger partial charge is 0.440 e. The number of ether oxygens (including phenoxy) is 1. The van der Waals surface area contributed by atoms with E-state index in [0.717, 1.165) is 49.3 Å². The van der Waals surface area contributed by atoms with Crippen molar-refractivity contribution < 1.29 is 14.3 Å². The zero-order valence-corrected chi connectivity index (χ0v) is 21.9. The Labute approximate surface area is 221 Å². The summed E-state index contributed by atoms with van der Waals surface area (Å²) in [5, 5.41) is 23.2. The molecule has 2 aromatic rings. The van der Waals surface area contributed by atoms with Gasteiger partial charge in [-0.1, -0.05) is 31.2 Å². The molecule has 10 nitrogen and oxygen atoms in total. The smallest absolute Gasteiger partial charge is 0.405 e. The first-order chi connectivity index (χ1) is 17.9. The summed E-state index contributed by atoms with van der Waals surface area (Å²) in [5.74, 6) is 0.827. The lowest BCUT2D eigenvalue weighted by atomic mass is 10.0. The van der Waals surface area contributed by atoms with Crippen LogP contribution in [0.15, 0.2) is 29.3 Å². The van der Waals surface area contributed by atoms with Crippen LogP contribution in [0, 0.1) is 22.7 Å². The van der Waals surface area contributed by atoms with Gasteiger partial charge in [-0.05, 0) is 43.1 Å². The number of nitrogens with two attached hydrogens (primary N) is 1. The van der Waals surface area contributed by atoms with Gasteiger partial charge < -0.3 is 25.6 Å². The number of benzene rings is 1. The minimum absolute atomic E-state index is 0.290. The van der Waals surface area contributed by atoms with E-state index in [1.807, 2.05) is 31.2 Å². The van der Waals surface area contributed by atoms with Gasteiger partial charge in [0.15, 0.2) is 6.61 Å². The van der Waals surface area contributed by atoms with Crippen molar-refractivity contribution in [2.45, 2.75) is 37.1 Å². The summed E-state index contributed by atoms with van der Waals surface area (Å²) in [4.78, 5) is 31.6. The van der Waals surface area contributed by atoms with Crippen molar-refractivity contribution in [3.05, 3.63) is 52.1 Å². The molecule has 0 unspecified atom stereocenters. The Morgan fingerprint density at radius 3 is 2.46 bits per heavy atom. The van der Waals surface area contributed by atoms with Crippen LogP contribution in [0.3, 0.4) is 0 Å². The van der Waals surface area contributed by atoms with E-state index in [0.29, 0.717) is 40.7 Å². The molecule has 1 aromatic carbocycles. The van der Waals surface area contributed by atoms with Crippen LogP contribution < -0.4 is 16.0 Å². The van der Waals surface area contributed by atoms with Crippen LogP contribution in [0.2, 0.25) is 0 Å². The fourth-order valence-corrected chi connectivity index (χ4v) is 5.03. The van der Waals surface area contributed by atoms with Crippen LogP contribution in [0.4, 0.5) is 10.6 Å². The Hall–Kier alpha value is -3.80. The number of nitriles is 2. The van der Waals surface area contributed by atoms with E-state index >= 15 is 0 Å². The van der Waals surface area contributed by atoms with Crippen molar-refractivity contribution in [2.75, 3.05) is 44.7 Å². The number of amides is 2. The van der Waals surface area contributed by atoms with E-state index in [1.165, 1.54) is 11.8 Å². The number of aromatic nitrogens is 1. The monoisotopic (exact) mass is 521 g/mol. The van der Waals surface area contributed by atoms with Crippen LogP contribution in [-0.4, -0.2) is 61.7 Å². The summed E-state index contributed by atoms with van der Waals surface area (Å²) in [6.45, 7) is 5.32. The number of pyridine rings is 1. The minimum atomic E-state index is -0.995. The third-order valence-electron chi connectivity index (χ3n) is 6.08. The number of primary amides is 1. The number of hydrogen-bond acceptors (Lipinski definition) is 9. The quantitative estimate of drug-likeness (QED) is 0.475. The van der Waals surface area contributed by atoms with E-state index in [1.54, 1.807) is 0 Å². The second-order valence-corrected chi connectivity index (χ2v) is 9.64. The van der Waals surface area contributed by atoms with E-state index in [4.69, 9.17) is 10.7 Å².